The van der Waals surface area contributed by atoms with Gasteiger partial charge in [0.05, 0.1) is 27.8 Å². The molecule has 3 heterocycles. The lowest BCUT2D eigenvalue weighted by Gasteiger charge is -2.14. The molecular formula is C32H21BrIN3O6. The molecule has 0 unspecified atom stereocenters. The van der Waals surface area contributed by atoms with Gasteiger partial charge < -0.3 is 23.4 Å². The summed E-state index contributed by atoms with van der Waals surface area (Å²) in [6, 6.07) is 24.1. The van der Waals surface area contributed by atoms with Crippen molar-refractivity contribution in [2.75, 3.05) is 13.9 Å². The number of nitrogens with zero attached hydrogens (tertiary/aromatic N) is 3. The van der Waals surface area contributed by atoms with E-state index >= 15 is 0 Å². The molecule has 6 aromatic rings. The Morgan fingerprint density at radius 3 is 2.79 bits per heavy atom. The van der Waals surface area contributed by atoms with Gasteiger partial charge in [0.25, 0.3) is 5.56 Å². The van der Waals surface area contributed by atoms with Gasteiger partial charge >= 0.3 is 0 Å². The minimum Gasteiger partial charge on any atom is -0.493 e. The summed E-state index contributed by atoms with van der Waals surface area (Å²) in [5.41, 5.74) is 2.55. The van der Waals surface area contributed by atoms with Crippen molar-refractivity contribution in [1.29, 1.82) is 0 Å². The van der Waals surface area contributed by atoms with E-state index in [0.29, 0.717) is 51.7 Å². The van der Waals surface area contributed by atoms with Crippen LogP contribution in [0.15, 0.2) is 97.6 Å². The van der Waals surface area contributed by atoms with Crippen LogP contribution < -0.4 is 24.5 Å². The van der Waals surface area contributed by atoms with Crippen molar-refractivity contribution in [1.82, 2.24) is 9.66 Å². The zero-order chi connectivity index (χ0) is 29.5. The first-order valence-electron chi connectivity index (χ1n) is 13.1. The minimum atomic E-state index is -0.316. The van der Waals surface area contributed by atoms with Gasteiger partial charge in [0.1, 0.15) is 12.2 Å². The zero-order valence-electron chi connectivity index (χ0n) is 22.5. The predicted octanol–water partition coefficient (Wildman–Crippen LogP) is 7.38. The highest BCUT2D eigenvalue weighted by atomic mass is 127. The van der Waals surface area contributed by atoms with E-state index in [1.807, 2.05) is 54.6 Å². The summed E-state index contributed by atoms with van der Waals surface area (Å²) < 4.78 is 31.8. The highest BCUT2D eigenvalue weighted by Crippen LogP contribution is 2.36. The highest BCUT2D eigenvalue weighted by Gasteiger charge is 2.18. The Labute approximate surface area is 266 Å². The summed E-state index contributed by atoms with van der Waals surface area (Å²) in [5.74, 6) is 3.25. The van der Waals surface area contributed by atoms with Gasteiger partial charge in [-0.05, 0) is 94.4 Å². The molecule has 4 aromatic carbocycles. The van der Waals surface area contributed by atoms with Gasteiger partial charge in [-0.15, -0.1) is 0 Å². The van der Waals surface area contributed by atoms with E-state index in [-0.39, 0.29) is 18.2 Å². The molecule has 43 heavy (non-hydrogen) atoms. The lowest BCUT2D eigenvalue weighted by atomic mass is 10.2. The Kier molecular flexibility index (Phi) is 7.27. The lowest BCUT2D eigenvalue weighted by Crippen LogP contribution is -2.20. The molecular weight excluding hydrogens is 729 g/mol. The summed E-state index contributed by atoms with van der Waals surface area (Å²) in [7, 11) is 1.58. The fourth-order valence-corrected chi connectivity index (χ4v) is 5.94. The maximum Gasteiger partial charge on any atom is 0.282 e. The second-order valence-corrected chi connectivity index (χ2v) is 11.7. The molecule has 0 atom stereocenters. The second-order valence-electron chi connectivity index (χ2n) is 9.62. The molecule has 0 amide bonds. The molecule has 1 aliphatic heterocycles. The van der Waals surface area contributed by atoms with Crippen LogP contribution in [0.4, 0.5) is 0 Å². The quantitative estimate of drug-likeness (QED) is 0.124. The first-order chi connectivity index (χ1) is 21.0. The SMILES string of the molecule is COc1cc(C=Nn2c(-c3cc4cc(Br)ccc4o3)nc3ccccc3c2=O)cc(I)c1OCc1ccc2c(c1)OCO2. The number of ether oxygens (including phenoxy) is 4. The number of benzene rings is 4. The van der Waals surface area contributed by atoms with Crippen LogP contribution in [0.2, 0.25) is 0 Å². The summed E-state index contributed by atoms with van der Waals surface area (Å²) in [5, 5.41) is 5.90. The molecule has 7 rings (SSSR count). The number of fused-ring (bicyclic) bond motifs is 3. The van der Waals surface area contributed by atoms with E-state index in [4.69, 9.17) is 28.3 Å². The summed E-state index contributed by atoms with van der Waals surface area (Å²) in [6.45, 7) is 0.527. The van der Waals surface area contributed by atoms with Crippen LogP contribution in [0, 0.1) is 3.57 Å². The van der Waals surface area contributed by atoms with Crippen molar-refractivity contribution in [3.05, 3.63) is 108 Å². The predicted molar refractivity (Wildman–Crippen MR) is 175 cm³/mol. The van der Waals surface area contributed by atoms with Crippen LogP contribution in [0.1, 0.15) is 11.1 Å². The monoisotopic (exact) mass is 749 g/mol. The number of halogens is 2. The van der Waals surface area contributed by atoms with Gasteiger partial charge in [0, 0.05) is 9.86 Å². The Balaban J connectivity index is 1.24. The van der Waals surface area contributed by atoms with Gasteiger partial charge in [0.2, 0.25) is 12.6 Å². The average molecular weight is 750 g/mol. The van der Waals surface area contributed by atoms with Crippen LogP contribution in [-0.4, -0.2) is 29.8 Å². The zero-order valence-corrected chi connectivity index (χ0v) is 26.3. The fraction of sp³-hybridized carbons (Fsp3) is 0.0938. The fourth-order valence-electron chi connectivity index (χ4n) is 4.78. The van der Waals surface area contributed by atoms with Crippen molar-refractivity contribution in [2.45, 2.75) is 6.61 Å². The van der Waals surface area contributed by atoms with Crippen molar-refractivity contribution in [2.24, 2.45) is 5.10 Å². The van der Waals surface area contributed by atoms with Crippen molar-refractivity contribution >= 4 is 66.6 Å². The van der Waals surface area contributed by atoms with Gasteiger partial charge in [-0.1, -0.05) is 34.1 Å². The number of para-hydroxylation sites is 1. The molecule has 11 heteroatoms. The Hall–Kier alpha value is -4.36. The van der Waals surface area contributed by atoms with Gasteiger partial charge in [-0.25, -0.2) is 4.98 Å². The normalized spacial score (nSPS) is 12.4. The molecule has 0 radical (unpaired) electrons. The van der Waals surface area contributed by atoms with E-state index in [9.17, 15) is 4.79 Å². The van der Waals surface area contributed by atoms with Crippen LogP contribution >= 0.6 is 38.5 Å². The van der Waals surface area contributed by atoms with Crippen molar-refractivity contribution in [3.8, 4) is 34.6 Å². The highest BCUT2D eigenvalue weighted by molar-refractivity contribution is 14.1. The molecule has 2 aromatic heterocycles. The van der Waals surface area contributed by atoms with E-state index < -0.39 is 0 Å². The molecule has 0 N–H and O–H groups in total. The molecule has 0 saturated carbocycles. The number of hydrogen-bond donors (Lipinski definition) is 0. The van der Waals surface area contributed by atoms with E-state index in [2.05, 4.69) is 43.6 Å². The van der Waals surface area contributed by atoms with Crippen LogP contribution in [0.5, 0.6) is 23.0 Å². The van der Waals surface area contributed by atoms with Gasteiger partial charge in [0.15, 0.2) is 28.8 Å². The molecule has 9 nitrogen and oxygen atoms in total. The lowest BCUT2D eigenvalue weighted by molar-refractivity contribution is 0.174. The summed E-state index contributed by atoms with van der Waals surface area (Å²) in [6.07, 6.45) is 1.59. The number of aromatic nitrogens is 2. The maximum absolute atomic E-state index is 13.6. The van der Waals surface area contributed by atoms with Gasteiger partial charge in [-0.3, -0.25) is 4.79 Å². The Bertz CT molecular complexity index is 2120. The molecule has 0 aliphatic carbocycles. The first kappa shape index (κ1) is 27.5. The van der Waals surface area contributed by atoms with Crippen molar-refractivity contribution in [3.63, 3.8) is 0 Å². The molecule has 0 saturated heterocycles. The van der Waals surface area contributed by atoms with Crippen LogP contribution in [0.3, 0.4) is 0 Å². The number of methoxy groups -OCH3 is 1. The third-order valence-electron chi connectivity index (χ3n) is 6.85. The molecule has 214 valence electrons. The van der Waals surface area contributed by atoms with E-state index in [0.717, 1.165) is 24.7 Å². The number of furan rings is 1. The topological polar surface area (TPSA) is 97.3 Å². The Morgan fingerprint density at radius 1 is 1.05 bits per heavy atom. The van der Waals surface area contributed by atoms with Gasteiger partial charge in [-0.2, -0.15) is 9.78 Å². The number of hydrogen-bond acceptors (Lipinski definition) is 8. The number of rotatable bonds is 7. The molecule has 1 aliphatic rings. The van der Waals surface area contributed by atoms with E-state index in [1.54, 1.807) is 37.6 Å². The van der Waals surface area contributed by atoms with Crippen LogP contribution in [0.25, 0.3) is 33.5 Å². The minimum absolute atomic E-state index is 0.216. The largest absolute Gasteiger partial charge is 0.493 e. The third kappa shape index (κ3) is 5.34. The average Bonchev–Trinajstić information content (AvgIpc) is 3.66. The molecule has 0 fully saturated rings. The first-order valence-corrected chi connectivity index (χ1v) is 15.0. The van der Waals surface area contributed by atoms with Crippen molar-refractivity contribution < 1.29 is 23.4 Å². The molecule has 0 spiro atoms. The second kappa shape index (κ2) is 11.4. The van der Waals surface area contributed by atoms with E-state index in [1.165, 1.54) is 4.68 Å². The smallest absolute Gasteiger partial charge is 0.282 e. The maximum atomic E-state index is 13.6. The summed E-state index contributed by atoms with van der Waals surface area (Å²) in [4.78, 5) is 18.4. The third-order valence-corrected chi connectivity index (χ3v) is 8.14. The standard InChI is InChI=1S/C32H21BrIN3O6/c1-39-28-12-19(10-23(34)30(28)40-16-18-6-8-26-27(11-18)42-17-41-26)15-35-37-31(36-24-5-3-2-4-22(24)32(37)38)29-14-20-13-21(33)7-9-25(20)43-29/h2-15H,16-17H2,1H3. The molecule has 0 bridgehead atoms. The van der Waals surface area contributed by atoms with Crippen LogP contribution in [-0.2, 0) is 6.61 Å². The summed E-state index contributed by atoms with van der Waals surface area (Å²) >= 11 is 5.69. The Morgan fingerprint density at radius 2 is 1.91 bits per heavy atom.